The first-order valence-electron chi connectivity index (χ1n) is 11.0. The number of benzene rings is 1. The lowest BCUT2D eigenvalue weighted by atomic mass is 9.76. The second-order valence-corrected chi connectivity index (χ2v) is 8.64. The van der Waals surface area contributed by atoms with Crippen molar-refractivity contribution < 1.29 is 4.79 Å². The Balaban J connectivity index is 1.36. The Labute approximate surface area is 185 Å². The minimum absolute atomic E-state index is 0.0657. The highest BCUT2D eigenvalue weighted by Gasteiger charge is 2.45. The highest BCUT2D eigenvalue weighted by molar-refractivity contribution is 5.78. The van der Waals surface area contributed by atoms with Gasteiger partial charge in [-0.25, -0.2) is 4.68 Å². The topological polar surface area (TPSA) is 90.1 Å². The van der Waals surface area contributed by atoms with Crippen molar-refractivity contribution in [3.8, 4) is 0 Å². The number of amides is 1. The molecule has 4 heterocycles. The van der Waals surface area contributed by atoms with Crippen molar-refractivity contribution in [2.45, 2.75) is 44.2 Å². The van der Waals surface area contributed by atoms with Crippen molar-refractivity contribution in [2.75, 3.05) is 13.1 Å². The minimum atomic E-state index is -0.586. The van der Waals surface area contributed by atoms with Crippen LogP contribution in [0, 0.1) is 0 Å². The first-order chi connectivity index (χ1) is 15.6. The van der Waals surface area contributed by atoms with E-state index in [4.69, 9.17) is 0 Å². The maximum absolute atomic E-state index is 12.8. The molecule has 0 atom stereocenters. The summed E-state index contributed by atoms with van der Waals surface area (Å²) < 4.78 is 2.85. The second kappa shape index (κ2) is 8.18. The molecule has 32 heavy (non-hydrogen) atoms. The average molecular weight is 431 g/mol. The van der Waals surface area contributed by atoms with Gasteiger partial charge in [0.1, 0.15) is 5.82 Å². The highest BCUT2D eigenvalue weighted by Crippen LogP contribution is 2.41. The normalized spacial score (nSPS) is 16.8. The van der Waals surface area contributed by atoms with Gasteiger partial charge in [-0.3, -0.25) is 23.9 Å². The van der Waals surface area contributed by atoms with E-state index >= 15 is 0 Å². The molecule has 8 heteroatoms. The summed E-state index contributed by atoms with van der Waals surface area (Å²) in [6, 6.07) is 15.1. The van der Waals surface area contributed by atoms with E-state index in [-0.39, 0.29) is 17.9 Å². The SMILES string of the molecule is O=C(Cc1ccccn1)N1CCC2(CC1)CCn1c2nn(Cc2ccccc2)c(=O)c1=O. The van der Waals surface area contributed by atoms with Gasteiger partial charge in [0.25, 0.3) is 0 Å². The summed E-state index contributed by atoms with van der Waals surface area (Å²) >= 11 is 0. The molecule has 1 saturated heterocycles. The molecular formula is C24H25N5O3. The average Bonchev–Trinajstić information content (AvgIpc) is 3.16. The molecule has 8 nitrogen and oxygen atoms in total. The fraction of sp³-hybridized carbons (Fsp3) is 0.375. The Bertz CT molecular complexity index is 1240. The lowest BCUT2D eigenvalue weighted by Gasteiger charge is -2.38. The zero-order valence-corrected chi connectivity index (χ0v) is 17.8. The highest BCUT2D eigenvalue weighted by atomic mass is 16.2. The van der Waals surface area contributed by atoms with Crippen LogP contribution in [0.1, 0.15) is 36.3 Å². The summed E-state index contributed by atoms with van der Waals surface area (Å²) in [5.74, 6) is 0.755. The molecule has 0 aliphatic carbocycles. The molecule has 0 saturated carbocycles. The number of fused-ring (bicyclic) bond motifs is 2. The molecule has 0 radical (unpaired) electrons. The van der Waals surface area contributed by atoms with Crippen LogP contribution in [0.4, 0.5) is 0 Å². The minimum Gasteiger partial charge on any atom is -0.342 e. The van der Waals surface area contributed by atoms with Crippen LogP contribution in [0.25, 0.3) is 0 Å². The van der Waals surface area contributed by atoms with Gasteiger partial charge in [-0.15, -0.1) is 0 Å². The van der Waals surface area contributed by atoms with Crippen LogP contribution in [-0.4, -0.2) is 43.2 Å². The second-order valence-electron chi connectivity index (χ2n) is 8.64. The molecule has 2 aliphatic heterocycles. The Hall–Kier alpha value is -3.55. The van der Waals surface area contributed by atoms with E-state index in [0.29, 0.717) is 31.9 Å². The molecule has 1 spiro atoms. The standard InChI is InChI=1S/C24H25N5O3/c30-20(16-19-8-4-5-12-25-19)27-13-9-24(10-14-27)11-15-28-21(31)22(32)29(26-23(24)28)17-18-6-2-1-3-7-18/h1-8,12H,9-11,13-17H2. The first-order valence-corrected chi connectivity index (χ1v) is 11.0. The number of aromatic nitrogens is 4. The van der Waals surface area contributed by atoms with Gasteiger partial charge >= 0.3 is 11.1 Å². The molecule has 164 valence electrons. The summed E-state index contributed by atoms with van der Waals surface area (Å²) in [5.41, 5.74) is 0.331. The van der Waals surface area contributed by atoms with Crippen LogP contribution in [0.3, 0.4) is 0 Å². The Kier molecular flexibility index (Phi) is 5.20. The van der Waals surface area contributed by atoms with Gasteiger partial charge in [0.2, 0.25) is 5.91 Å². The van der Waals surface area contributed by atoms with Gasteiger partial charge in [-0.1, -0.05) is 36.4 Å². The van der Waals surface area contributed by atoms with Crippen molar-refractivity contribution in [3.63, 3.8) is 0 Å². The monoisotopic (exact) mass is 431 g/mol. The molecule has 5 rings (SSSR count). The number of hydrogen-bond donors (Lipinski definition) is 0. The Morgan fingerprint density at radius 2 is 1.62 bits per heavy atom. The summed E-state index contributed by atoms with van der Waals surface area (Å²) in [6.07, 6.45) is 4.22. The zero-order chi connectivity index (χ0) is 22.1. The molecule has 1 amide bonds. The quantitative estimate of drug-likeness (QED) is 0.582. The van der Waals surface area contributed by atoms with Gasteiger partial charge in [-0.05, 0) is 37.0 Å². The van der Waals surface area contributed by atoms with E-state index < -0.39 is 11.1 Å². The number of likely N-dealkylation sites (tertiary alicyclic amines) is 1. The maximum atomic E-state index is 12.8. The summed E-state index contributed by atoms with van der Waals surface area (Å²) in [7, 11) is 0. The summed E-state index contributed by atoms with van der Waals surface area (Å²) in [5, 5.41) is 4.68. The summed E-state index contributed by atoms with van der Waals surface area (Å²) in [4.78, 5) is 44.3. The van der Waals surface area contributed by atoms with E-state index in [2.05, 4.69) is 10.1 Å². The molecular weight excluding hydrogens is 406 g/mol. The van der Waals surface area contributed by atoms with Crippen molar-refractivity contribution in [1.82, 2.24) is 24.2 Å². The number of carbonyl (C=O) groups is 1. The van der Waals surface area contributed by atoms with Crippen molar-refractivity contribution in [3.05, 3.63) is 92.5 Å². The van der Waals surface area contributed by atoms with Crippen LogP contribution in [0.15, 0.2) is 64.3 Å². The predicted octanol–water partition coefficient (Wildman–Crippen LogP) is 1.35. The molecule has 1 fully saturated rings. The van der Waals surface area contributed by atoms with E-state index in [1.165, 1.54) is 4.68 Å². The van der Waals surface area contributed by atoms with Gasteiger partial charge < -0.3 is 4.90 Å². The Morgan fingerprint density at radius 3 is 2.34 bits per heavy atom. The van der Waals surface area contributed by atoms with Gasteiger partial charge in [-0.2, -0.15) is 5.10 Å². The molecule has 2 aromatic heterocycles. The molecule has 1 aromatic carbocycles. The largest absolute Gasteiger partial charge is 0.342 e. The number of rotatable bonds is 4. The number of hydrogen-bond acceptors (Lipinski definition) is 5. The lowest BCUT2D eigenvalue weighted by molar-refractivity contribution is -0.132. The molecule has 2 aliphatic rings. The van der Waals surface area contributed by atoms with E-state index in [1.807, 2.05) is 53.4 Å². The zero-order valence-electron chi connectivity index (χ0n) is 17.8. The maximum Gasteiger partial charge on any atom is 0.332 e. The predicted molar refractivity (Wildman–Crippen MR) is 118 cm³/mol. The van der Waals surface area contributed by atoms with E-state index in [0.717, 1.165) is 30.5 Å². The smallest absolute Gasteiger partial charge is 0.332 e. The molecule has 0 unspecified atom stereocenters. The molecule has 0 N–H and O–H groups in total. The molecule has 0 bridgehead atoms. The van der Waals surface area contributed by atoms with E-state index in [1.54, 1.807) is 10.8 Å². The summed E-state index contributed by atoms with van der Waals surface area (Å²) in [6.45, 7) is 2.00. The lowest BCUT2D eigenvalue weighted by Crippen LogP contribution is -2.48. The number of nitrogens with zero attached hydrogens (tertiary/aromatic N) is 5. The third-order valence-corrected chi connectivity index (χ3v) is 6.73. The van der Waals surface area contributed by atoms with Crippen LogP contribution in [0.5, 0.6) is 0 Å². The number of pyridine rings is 1. The number of carbonyl (C=O) groups excluding carboxylic acids is 1. The van der Waals surface area contributed by atoms with Crippen LogP contribution in [-0.2, 0) is 29.7 Å². The van der Waals surface area contributed by atoms with Crippen LogP contribution in [0.2, 0.25) is 0 Å². The van der Waals surface area contributed by atoms with Crippen LogP contribution >= 0.6 is 0 Å². The fourth-order valence-electron chi connectivity index (χ4n) is 4.86. The first kappa shape index (κ1) is 20.4. The third kappa shape index (κ3) is 3.66. The van der Waals surface area contributed by atoms with E-state index in [9.17, 15) is 14.4 Å². The van der Waals surface area contributed by atoms with Gasteiger partial charge in [0.15, 0.2) is 0 Å². The fourth-order valence-corrected chi connectivity index (χ4v) is 4.86. The number of piperidine rings is 1. The van der Waals surface area contributed by atoms with Crippen molar-refractivity contribution in [1.29, 1.82) is 0 Å². The Morgan fingerprint density at radius 1 is 0.906 bits per heavy atom. The van der Waals surface area contributed by atoms with Gasteiger partial charge in [0, 0.05) is 36.9 Å². The van der Waals surface area contributed by atoms with Crippen molar-refractivity contribution >= 4 is 5.91 Å². The van der Waals surface area contributed by atoms with Gasteiger partial charge in [0.05, 0.1) is 13.0 Å². The van der Waals surface area contributed by atoms with Crippen LogP contribution < -0.4 is 11.1 Å². The van der Waals surface area contributed by atoms with Crippen molar-refractivity contribution in [2.24, 2.45) is 0 Å². The molecule has 3 aromatic rings. The third-order valence-electron chi connectivity index (χ3n) is 6.73.